The Balaban J connectivity index is 2.50. The van der Waals surface area contributed by atoms with Crippen molar-refractivity contribution >= 4 is 11.5 Å². The molecule has 3 nitrogen and oxygen atoms in total. The highest BCUT2D eigenvalue weighted by molar-refractivity contribution is 5.77. The summed E-state index contributed by atoms with van der Waals surface area (Å²) in [5, 5.41) is 0. The van der Waals surface area contributed by atoms with Crippen LogP contribution in [0.3, 0.4) is 0 Å². The van der Waals surface area contributed by atoms with E-state index in [1.54, 1.807) is 0 Å². The lowest BCUT2D eigenvalue weighted by Crippen LogP contribution is -2.02. The Morgan fingerprint density at radius 1 is 1.12 bits per heavy atom. The Bertz CT molecular complexity index is 498. The number of benzene rings is 1. The molecule has 0 fully saturated rings. The molecule has 0 aliphatic carbocycles. The number of anilines is 2. The summed E-state index contributed by atoms with van der Waals surface area (Å²) in [7, 11) is 0. The van der Waals surface area contributed by atoms with E-state index in [9.17, 15) is 0 Å². The van der Waals surface area contributed by atoms with E-state index in [2.05, 4.69) is 13.8 Å². The van der Waals surface area contributed by atoms with Gasteiger partial charge in [0, 0.05) is 29.1 Å². The van der Waals surface area contributed by atoms with Crippen molar-refractivity contribution in [3.05, 3.63) is 36.5 Å². The van der Waals surface area contributed by atoms with Crippen molar-refractivity contribution in [2.45, 2.75) is 19.9 Å². The number of nitrogens with two attached hydrogens (primary N) is 2. The van der Waals surface area contributed by atoms with Crippen LogP contribution in [-0.2, 0) is 0 Å². The van der Waals surface area contributed by atoms with Gasteiger partial charge >= 0.3 is 0 Å². The molecule has 0 saturated heterocycles. The van der Waals surface area contributed by atoms with Gasteiger partial charge < -0.3 is 16.0 Å². The van der Waals surface area contributed by atoms with E-state index >= 15 is 0 Å². The fourth-order valence-electron chi connectivity index (χ4n) is 1.85. The van der Waals surface area contributed by atoms with Gasteiger partial charge in [0.2, 0.25) is 0 Å². The summed E-state index contributed by atoms with van der Waals surface area (Å²) in [6, 6.07) is 10.1. The normalized spacial score (nSPS) is 10.9. The maximum atomic E-state index is 5.95. The molecule has 0 bridgehead atoms. The highest BCUT2D eigenvalue weighted by Gasteiger charge is 2.08. The van der Waals surface area contributed by atoms with Gasteiger partial charge in [-0.25, -0.2) is 0 Å². The zero-order valence-corrected chi connectivity index (χ0v) is 9.64. The van der Waals surface area contributed by atoms with Gasteiger partial charge in [0.25, 0.3) is 0 Å². The van der Waals surface area contributed by atoms with Crippen molar-refractivity contribution in [2.24, 2.45) is 0 Å². The van der Waals surface area contributed by atoms with E-state index < -0.39 is 0 Å². The molecule has 0 spiro atoms. The third kappa shape index (κ3) is 1.76. The summed E-state index contributed by atoms with van der Waals surface area (Å²) >= 11 is 0. The summed E-state index contributed by atoms with van der Waals surface area (Å²) < 4.78 is 2.04. The van der Waals surface area contributed by atoms with Gasteiger partial charge in [-0.3, -0.25) is 0 Å². The minimum Gasteiger partial charge on any atom is -0.398 e. The van der Waals surface area contributed by atoms with Crippen LogP contribution in [0.4, 0.5) is 11.5 Å². The Labute approximate surface area is 95.7 Å². The molecule has 2 rings (SSSR count). The lowest BCUT2D eigenvalue weighted by Gasteiger charge is -2.08. The molecule has 0 aliphatic heterocycles. The van der Waals surface area contributed by atoms with Crippen LogP contribution in [0.1, 0.15) is 19.9 Å². The van der Waals surface area contributed by atoms with E-state index in [-0.39, 0.29) is 0 Å². The molecular formula is C13H17N3. The summed E-state index contributed by atoms with van der Waals surface area (Å²) in [5.41, 5.74) is 14.8. The van der Waals surface area contributed by atoms with Crippen LogP contribution in [0.15, 0.2) is 36.5 Å². The predicted molar refractivity (Wildman–Crippen MR) is 69.1 cm³/mol. The fourth-order valence-corrected chi connectivity index (χ4v) is 1.85. The highest BCUT2D eigenvalue weighted by atomic mass is 15.1. The maximum absolute atomic E-state index is 5.95. The Hall–Kier alpha value is -1.90. The molecule has 0 aliphatic rings. The molecule has 0 amide bonds. The number of hydrogen-bond acceptors (Lipinski definition) is 2. The molecule has 2 aromatic rings. The topological polar surface area (TPSA) is 57.0 Å². The van der Waals surface area contributed by atoms with Crippen LogP contribution >= 0.6 is 0 Å². The van der Waals surface area contributed by atoms with Gasteiger partial charge in [0.15, 0.2) is 0 Å². The number of hydrogen-bond donors (Lipinski definition) is 2. The van der Waals surface area contributed by atoms with E-state index in [1.807, 2.05) is 41.1 Å². The molecule has 0 saturated carbocycles. The van der Waals surface area contributed by atoms with E-state index in [1.165, 1.54) is 0 Å². The number of nitrogen functional groups attached to an aromatic ring is 2. The number of rotatable bonds is 2. The Morgan fingerprint density at radius 3 is 2.38 bits per heavy atom. The van der Waals surface area contributed by atoms with Crippen molar-refractivity contribution < 1.29 is 0 Å². The second-order valence-corrected chi connectivity index (χ2v) is 4.24. The summed E-state index contributed by atoms with van der Waals surface area (Å²) in [6.07, 6.45) is 2.05. The second kappa shape index (κ2) is 3.93. The van der Waals surface area contributed by atoms with Crippen LogP contribution in [0.5, 0.6) is 0 Å². The van der Waals surface area contributed by atoms with Gasteiger partial charge in [0.05, 0.1) is 0 Å². The summed E-state index contributed by atoms with van der Waals surface area (Å²) in [5.74, 6) is 0.772. The highest BCUT2D eigenvalue weighted by Crippen LogP contribution is 2.29. The van der Waals surface area contributed by atoms with Crippen LogP contribution < -0.4 is 11.5 Å². The number of para-hydroxylation sites is 1. The van der Waals surface area contributed by atoms with Crippen molar-refractivity contribution in [1.82, 2.24) is 4.57 Å². The zero-order valence-electron chi connectivity index (χ0n) is 9.64. The molecule has 0 unspecified atom stereocenters. The largest absolute Gasteiger partial charge is 0.398 e. The lowest BCUT2D eigenvalue weighted by molar-refractivity contribution is 0.612. The Kier molecular flexibility index (Phi) is 2.60. The molecule has 4 N–H and O–H groups in total. The third-order valence-corrected chi connectivity index (χ3v) is 2.71. The molecule has 0 radical (unpaired) electrons. The first-order chi connectivity index (χ1) is 7.59. The van der Waals surface area contributed by atoms with E-state index in [0.717, 1.165) is 22.6 Å². The van der Waals surface area contributed by atoms with Crippen molar-refractivity contribution in [3.8, 4) is 11.1 Å². The maximum Gasteiger partial charge on any atom is 0.104 e. The van der Waals surface area contributed by atoms with Gasteiger partial charge in [-0.1, -0.05) is 18.2 Å². The zero-order chi connectivity index (χ0) is 11.7. The van der Waals surface area contributed by atoms with Crippen LogP contribution in [0.2, 0.25) is 0 Å². The van der Waals surface area contributed by atoms with Gasteiger partial charge in [0.1, 0.15) is 5.82 Å². The molecule has 3 heteroatoms. The smallest absolute Gasteiger partial charge is 0.104 e. The lowest BCUT2D eigenvalue weighted by atomic mass is 10.1. The first-order valence-corrected chi connectivity index (χ1v) is 5.42. The Morgan fingerprint density at radius 2 is 1.81 bits per heavy atom. The summed E-state index contributed by atoms with van der Waals surface area (Å²) in [4.78, 5) is 0. The second-order valence-electron chi connectivity index (χ2n) is 4.24. The van der Waals surface area contributed by atoms with E-state index in [0.29, 0.717) is 6.04 Å². The molecule has 1 aromatic heterocycles. The molecule has 1 heterocycles. The van der Waals surface area contributed by atoms with Gasteiger partial charge in [-0.2, -0.15) is 0 Å². The monoisotopic (exact) mass is 215 g/mol. The number of aromatic nitrogens is 1. The van der Waals surface area contributed by atoms with Crippen LogP contribution in [-0.4, -0.2) is 4.57 Å². The quantitative estimate of drug-likeness (QED) is 0.757. The molecule has 0 atom stereocenters. The fraction of sp³-hybridized carbons (Fsp3) is 0.231. The average Bonchev–Trinajstić information content (AvgIpc) is 2.61. The van der Waals surface area contributed by atoms with Crippen LogP contribution in [0, 0.1) is 0 Å². The predicted octanol–water partition coefficient (Wildman–Crippen LogP) is 2.90. The van der Waals surface area contributed by atoms with Crippen molar-refractivity contribution in [3.63, 3.8) is 0 Å². The standard InChI is InChI=1S/C13H17N3/c1-9(2)16-8-10(7-13(16)15)11-5-3-4-6-12(11)14/h3-9H,14-15H2,1-2H3. The molecular weight excluding hydrogens is 198 g/mol. The van der Waals surface area contributed by atoms with Crippen molar-refractivity contribution in [2.75, 3.05) is 11.5 Å². The van der Waals surface area contributed by atoms with E-state index in [4.69, 9.17) is 11.5 Å². The minimum atomic E-state index is 0.360. The first kappa shape index (κ1) is 10.6. The molecule has 1 aromatic carbocycles. The minimum absolute atomic E-state index is 0.360. The van der Waals surface area contributed by atoms with Crippen LogP contribution in [0.25, 0.3) is 11.1 Å². The van der Waals surface area contributed by atoms with Gasteiger partial charge in [-0.15, -0.1) is 0 Å². The molecule has 84 valence electrons. The molecule has 16 heavy (non-hydrogen) atoms. The third-order valence-electron chi connectivity index (χ3n) is 2.71. The summed E-state index contributed by atoms with van der Waals surface area (Å²) in [6.45, 7) is 4.21. The van der Waals surface area contributed by atoms with Crippen molar-refractivity contribution in [1.29, 1.82) is 0 Å². The number of nitrogens with zero attached hydrogens (tertiary/aromatic N) is 1. The first-order valence-electron chi connectivity index (χ1n) is 5.42. The van der Waals surface area contributed by atoms with Gasteiger partial charge in [-0.05, 0) is 26.0 Å². The average molecular weight is 215 g/mol. The SMILES string of the molecule is CC(C)n1cc(-c2ccccc2N)cc1N.